The Labute approximate surface area is 134 Å². The molecule has 1 aromatic carbocycles. The molecule has 2 N–H and O–H groups in total. The van der Waals surface area contributed by atoms with Crippen LogP contribution in [0.3, 0.4) is 0 Å². The van der Waals surface area contributed by atoms with Crippen LogP contribution in [0.5, 0.6) is 5.75 Å². The van der Waals surface area contributed by atoms with E-state index in [1.807, 2.05) is 24.3 Å². The average Bonchev–Trinajstić information content (AvgIpc) is 2.77. The lowest BCUT2D eigenvalue weighted by Crippen LogP contribution is -2.42. The first-order chi connectivity index (χ1) is 11.1. The van der Waals surface area contributed by atoms with Gasteiger partial charge in [0.25, 0.3) is 5.91 Å². The van der Waals surface area contributed by atoms with Gasteiger partial charge in [0.2, 0.25) is 5.91 Å². The van der Waals surface area contributed by atoms with Crippen LogP contribution < -0.4 is 15.4 Å². The third kappa shape index (κ3) is 3.61. The molecule has 1 fully saturated rings. The second-order valence-corrected chi connectivity index (χ2v) is 5.76. The molecule has 0 spiro atoms. The molecule has 1 atom stereocenters. The summed E-state index contributed by atoms with van der Waals surface area (Å²) in [7, 11) is 0. The summed E-state index contributed by atoms with van der Waals surface area (Å²) in [6, 6.07) is 7.39. The number of fused-ring (bicyclic) bond motifs is 1. The topological polar surface area (TPSA) is 87.7 Å². The Kier molecular flexibility index (Phi) is 4.45. The third-order valence-electron chi connectivity index (χ3n) is 4.09. The van der Waals surface area contributed by atoms with Gasteiger partial charge in [-0.15, -0.1) is 0 Å². The predicted molar refractivity (Wildman–Crippen MR) is 81.9 cm³/mol. The maximum absolute atomic E-state index is 11.9. The number of ether oxygens (including phenoxy) is 1. The van der Waals surface area contributed by atoms with Crippen molar-refractivity contribution in [1.29, 1.82) is 0 Å². The highest BCUT2D eigenvalue weighted by Crippen LogP contribution is 2.26. The van der Waals surface area contributed by atoms with E-state index in [4.69, 9.17) is 4.74 Å². The molecule has 0 bridgehead atoms. The number of nitrogens with zero attached hydrogens (tertiary/aromatic N) is 1. The van der Waals surface area contributed by atoms with E-state index in [9.17, 15) is 14.4 Å². The molecular formula is C16H19N3O4. The largest absolute Gasteiger partial charge is 0.493 e. The number of imide groups is 1. The molecule has 1 unspecified atom stereocenters. The van der Waals surface area contributed by atoms with Gasteiger partial charge in [0, 0.05) is 6.54 Å². The van der Waals surface area contributed by atoms with Crippen molar-refractivity contribution in [3.05, 3.63) is 29.8 Å². The predicted octanol–water partition coefficient (Wildman–Crippen LogP) is 0.296. The normalized spacial score (nSPS) is 20.3. The van der Waals surface area contributed by atoms with Crippen molar-refractivity contribution in [2.45, 2.75) is 12.8 Å². The Balaban J connectivity index is 1.51. The van der Waals surface area contributed by atoms with Gasteiger partial charge in [0.1, 0.15) is 12.3 Å². The minimum Gasteiger partial charge on any atom is -0.493 e. The zero-order valence-electron chi connectivity index (χ0n) is 12.7. The smallest absolute Gasteiger partial charge is 0.325 e. The van der Waals surface area contributed by atoms with Crippen LogP contribution in [-0.2, 0) is 16.0 Å². The van der Waals surface area contributed by atoms with Crippen LogP contribution in [0.25, 0.3) is 0 Å². The quantitative estimate of drug-likeness (QED) is 0.782. The number of hydrogen-bond acceptors (Lipinski definition) is 4. The first-order valence-corrected chi connectivity index (χ1v) is 7.69. The van der Waals surface area contributed by atoms with Gasteiger partial charge in [-0.3, -0.25) is 14.5 Å². The maximum Gasteiger partial charge on any atom is 0.325 e. The molecule has 2 aliphatic heterocycles. The van der Waals surface area contributed by atoms with Crippen molar-refractivity contribution < 1.29 is 19.1 Å². The number of nitrogens with one attached hydrogen (secondary N) is 2. The number of urea groups is 1. The Morgan fingerprint density at radius 2 is 2.17 bits per heavy atom. The molecule has 0 saturated carbocycles. The van der Waals surface area contributed by atoms with E-state index >= 15 is 0 Å². The molecule has 7 heteroatoms. The SMILES string of the molecule is O=C(CN1C(=O)CNC1=O)NCC1CCOc2ccccc2C1. The van der Waals surface area contributed by atoms with Gasteiger partial charge in [-0.1, -0.05) is 18.2 Å². The molecule has 2 heterocycles. The average molecular weight is 317 g/mol. The fourth-order valence-corrected chi connectivity index (χ4v) is 2.81. The summed E-state index contributed by atoms with van der Waals surface area (Å²) in [6.45, 7) is 0.845. The van der Waals surface area contributed by atoms with Crippen molar-refractivity contribution in [2.24, 2.45) is 5.92 Å². The number of hydrogen-bond donors (Lipinski definition) is 2. The Hall–Kier alpha value is -2.57. The summed E-state index contributed by atoms with van der Waals surface area (Å²) in [6.07, 6.45) is 1.68. The van der Waals surface area contributed by atoms with Gasteiger partial charge in [-0.05, 0) is 30.4 Å². The first kappa shape index (κ1) is 15.3. The highest BCUT2D eigenvalue weighted by atomic mass is 16.5. The van der Waals surface area contributed by atoms with E-state index in [0.29, 0.717) is 13.2 Å². The standard InChI is InChI=1S/C16H19N3O4/c20-14(10-19-15(21)9-18-16(19)22)17-8-11-5-6-23-13-4-2-1-3-12(13)7-11/h1-4,11H,5-10H2,(H,17,20)(H,18,22). The summed E-state index contributed by atoms with van der Waals surface area (Å²) in [5.41, 5.74) is 1.14. The van der Waals surface area contributed by atoms with Crippen LogP contribution in [0.1, 0.15) is 12.0 Å². The van der Waals surface area contributed by atoms with E-state index in [0.717, 1.165) is 29.1 Å². The Morgan fingerprint density at radius 3 is 2.96 bits per heavy atom. The van der Waals surface area contributed by atoms with Crippen molar-refractivity contribution in [3.8, 4) is 5.75 Å². The summed E-state index contributed by atoms with van der Waals surface area (Å²) >= 11 is 0. The van der Waals surface area contributed by atoms with Crippen LogP contribution in [0.4, 0.5) is 4.79 Å². The van der Waals surface area contributed by atoms with Crippen molar-refractivity contribution in [1.82, 2.24) is 15.5 Å². The van der Waals surface area contributed by atoms with Crippen molar-refractivity contribution in [3.63, 3.8) is 0 Å². The number of carbonyl (C=O) groups is 3. The van der Waals surface area contributed by atoms with Crippen LogP contribution in [0, 0.1) is 5.92 Å². The highest BCUT2D eigenvalue weighted by molar-refractivity contribution is 6.04. The monoisotopic (exact) mass is 317 g/mol. The van der Waals surface area contributed by atoms with E-state index in [1.54, 1.807) is 0 Å². The minimum absolute atomic E-state index is 0.0388. The fourth-order valence-electron chi connectivity index (χ4n) is 2.81. The summed E-state index contributed by atoms with van der Waals surface area (Å²) in [5, 5.41) is 5.20. The highest BCUT2D eigenvalue weighted by Gasteiger charge is 2.30. The molecule has 3 rings (SSSR count). The first-order valence-electron chi connectivity index (χ1n) is 7.69. The fraction of sp³-hybridized carbons (Fsp3) is 0.438. The summed E-state index contributed by atoms with van der Waals surface area (Å²) in [4.78, 5) is 35.7. The van der Waals surface area contributed by atoms with Gasteiger partial charge in [0.05, 0.1) is 13.2 Å². The van der Waals surface area contributed by atoms with Crippen LogP contribution in [0.15, 0.2) is 24.3 Å². The molecular weight excluding hydrogens is 298 g/mol. The summed E-state index contributed by atoms with van der Waals surface area (Å²) in [5.74, 6) is 0.474. The molecule has 0 aromatic heterocycles. The minimum atomic E-state index is -0.512. The molecule has 4 amide bonds. The van der Waals surface area contributed by atoms with E-state index in [-0.39, 0.29) is 30.8 Å². The zero-order chi connectivity index (χ0) is 16.2. The number of carbonyl (C=O) groups excluding carboxylic acids is 3. The van der Waals surface area contributed by atoms with E-state index in [2.05, 4.69) is 10.6 Å². The van der Waals surface area contributed by atoms with Crippen LogP contribution >= 0.6 is 0 Å². The number of amides is 4. The zero-order valence-corrected chi connectivity index (χ0v) is 12.7. The van der Waals surface area contributed by atoms with Crippen molar-refractivity contribution in [2.75, 3.05) is 26.2 Å². The van der Waals surface area contributed by atoms with E-state index in [1.165, 1.54) is 0 Å². The van der Waals surface area contributed by atoms with Crippen LogP contribution in [0.2, 0.25) is 0 Å². The van der Waals surface area contributed by atoms with E-state index < -0.39 is 6.03 Å². The molecule has 2 aliphatic rings. The molecule has 23 heavy (non-hydrogen) atoms. The third-order valence-corrected chi connectivity index (χ3v) is 4.09. The lowest BCUT2D eigenvalue weighted by atomic mass is 9.97. The lowest BCUT2D eigenvalue weighted by Gasteiger charge is -2.16. The molecule has 122 valence electrons. The number of rotatable bonds is 4. The second kappa shape index (κ2) is 6.68. The van der Waals surface area contributed by atoms with Gasteiger partial charge in [-0.2, -0.15) is 0 Å². The molecule has 1 aromatic rings. The second-order valence-electron chi connectivity index (χ2n) is 5.76. The molecule has 1 saturated heterocycles. The Bertz CT molecular complexity index is 616. The van der Waals surface area contributed by atoms with Gasteiger partial charge >= 0.3 is 6.03 Å². The maximum atomic E-state index is 11.9. The number of para-hydroxylation sites is 1. The van der Waals surface area contributed by atoms with Crippen molar-refractivity contribution >= 4 is 17.8 Å². The number of benzene rings is 1. The van der Waals surface area contributed by atoms with Crippen LogP contribution in [-0.4, -0.2) is 49.0 Å². The van der Waals surface area contributed by atoms with Gasteiger partial charge in [0.15, 0.2) is 0 Å². The Morgan fingerprint density at radius 1 is 1.35 bits per heavy atom. The summed E-state index contributed by atoms with van der Waals surface area (Å²) < 4.78 is 5.70. The lowest BCUT2D eigenvalue weighted by molar-refractivity contribution is -0.130. The van der Waals surface area contributed by atoms with Gasteiger partial charge < -0.3 is 15.4 Å². The van der Waals surface area contributed by atoms with Gasteiger partial charge in [-0.25, -0.2) is 4.79 Å². The molecule has 0 aliphatic carbocycles. The molecule has 0 radical (unpaired) electrons. The molecule has 7 nitrogen and oxygen atoms in total.